The predicted molar refractivity (Wildman–Crippen MR) is 117 cm³/mol. The van der Waals surface area contributed by atoms with Gasteiger partial charge in [-0.25, -0.2) is 9.37 Å². The quantitative estimate of drug-likeness (QED) is 0.515. The summed E-state index contributed by atoms with van der Waals surface area (Å²) in [7, 11) is 2.85. The first-order chi connectivity index (χ1) is 15.3. The topological polar surface area (TPSA) is 97.8 Å². The summed E-state index contributed by atoms with van der Waals surface area (Å²) >= 11 is 6.19. The van der Waals surface area contributed by atoms with Gasteiger partial charge < -0.3 is 19.9 Å². The molecular weight excluding hydrogens is 439 g/mol. The minimum atomic E-state index is -1.11. The molecule has 0 fully saturated rings. The first-order valence-corrected chi connectivity index (χ1v) is 9.87. The summed E-state index contributed by atoms with van der Waals surface area (Å²) < 4.78 is 25.0. The number of carboxylic acid groups (broad SMARTS) is 1. The lowest BCUT2D eigenvalue weighted by Gasteiger charge is -2.19. The molecular formula is C23H20ClFN2O5. The van der Waals surface area contributed by atoms with Crippen molar-refractivity contribution in [2.75, 3.05) is 14.2 Å². The van der Waals surface area contributed by atoms with E-state index in [2.05, 4.69) is 10.3 Å². The second-order valence-corrected chi connectivity index (χ2v) is 7.15. The van der Waals surface area contributed by atoms with E-state index in [9.17, 15) is 19.1 Å². The molecule has 9 heteroatoms. The van der Waals surface area contributed by atoms with Gasteiger partial charge >= 0.3 is 5.97 Å². The van der Waals surface area contributed by atoms with Crippen molar-refractivity contribution in [1.82, 2.24) is 10.3 Å². The van der Waals surface area contributed by atoms with Gasteiger partial charge in [0.15, 0.2) is 0 Å². The summed E-state index contributed by atoms with van der Waals surface area (Å²) in [4.78, 5) is 28.6. The fraction of sp³-hybridized carbons (Fsp3) is 0.174. The summed E-state index contributed by atoms with van der Waals surface area (Å²) in [6, 6.07) is 12.8. The van der Waals surface area contributed by atoms with Crippen molar-refractivity contribution in [3.63, 3.8) is 0 Å². The Labute approximate surface area is 188 Å². The molecule has 1 aromatic heterocycles. The number of methoxy groups -OCH3 is 2. The molecule has 166 valence electrons. The van der Waals surface area contributed by atoms with Gasteiger partial charge in [0.05, 0.1) is 26.7 Å². The molecule has 0 spiro atoms. The molecule has 3 aromatic rings. The number of rotatable bonds is 8. The lowest BCUT2D eigenvalue weighted by Crippen LogP contribution is -2.31. The van der Waals surface area contributed by atoms with Crippen LogP contribution >= 0.6 is 11.6 Å². The van der Waals surface area contributed by atoms with Crippen LogP contribution in [0.1, 0.15) is 28.5 Å². The molecule has 1 atom stereocenters. The van der Waals surface area contributed by atoms with Crippen LogP contribution in [0, 0.1) is 5.82 Å². The average Bonchev–Trinajstić information content (AvgIpc) is 2.78. The summed E-state index contributed by atoms with van der Waals surface area (Å²) in [5.41, 5.74) is 0.594. The van der Waals surface area contributed by atoms with Crippen LogP contribution < -0.4 is 14.8 Å². The Hall–Kier alpha value is -3.65. The Morgan fingerprint density at radius 1 is 1.12 bits per heavy atom. The number of carboxylic acids is 1. The Balaban J connectivity index is 1.99. The number of hydrogen-bond donors (Lipinski definition) is 2. The molecule has 0 radical (unpaired) electrons. The van der Waals surface area contributed by atoms with Gasteiger partial charge in [0.25, 0.3) is 5.91 Å². The third-order valence-electron chi connectivity index (χ3n) is 4.70. The maximum atomic E-state index is 14.5. The molecule has 32 heavy (non-hydrogen) atoms. The molecule has 1 heterocycles. The van der Waals surface area contributed by atoms with Crippen molar-refractivity contribution in [3.05, 3.63) is 76.7 Å². The number of carbonyl (C=O) groups is 2. The Bertz CT molecular complexity index is 1150. The van der Waals surface area contributed by atoms with E-state index in [4.69, 9.17) is 21.1 Å². The van der Waals surface area contributed by atoms with Crippen LogP contribution in [0.2, 0.25) is 5.02 Å². The largest absolute Gasteiger partial charge is 0.497 e. The predicted octanol–water partition coefficient (Wildman–Crippen LogP) is 4.50. The number of ether oxygens (including phenoxy) is 2. The molecule has 7 nitrogen and oxygen atoms in total. The number of hydrogen-bond acceptors (Lipinski definition) is 5. The van der Waals surface area contributed by atoms with Gasteiger partial charge in [-0.05, 0) is 42.0 Å². The average molecular weight is 459 g/mol. The fourth-order valence-electron chi connectivity index (χ4n) is 3.15. The van der Waals surface area contributed by atoms with E-state index in [0.717, 1.165) is 0 Å². The third kappa shape index (κ3) is 5.15. The fourth-order valence-corrected chi connectivity index (χ4v) is 3.41. The number of carbonyl (C=O) groups excluding carboxylic acids is 1. The smallest absolute Gasteiger partial charge is 0.305 e. The third-order valence-corrected chi connectivity index (χ3v) is 5.05. The molecule has 2 aromatic carbocycles. The molecule has 0 saturated heterocycles. The van der Waals surface area contributed by atoms with Gasteiger partial charge in [-0.1, -0.05) is 29.8 Å². The second-order valence-electron chi connectivity index (χ2n) is 6.74. The van der Waals surface area contributed by atoms with E-state index < -0.39 is 23.7 Å². The number of aliphatic carboxylic acids is 1. The zero-order chi connectivity index (χ0) is 23.3. The van der Waals surface area contributed by atoms with Crippen LogP contribution in [0.4, 0.5) is 4.39 Å². The lowest BCUT2D eigenvalue weighted by atomic mass is 10.0. The maximum absolute atomic E-state index is 14.5. The van der Waals surface area contributed by atoms with Crippen LogP contribution in [0.15, 0.2) is 54.6 Å². The Morgan fingerprint density at radius 3 is 2.53 bits per heavy atom. The minimum Gasteiger partial charge on any atom is -0.497 e. The SMILES string of the molecule is COc1ccc(F)c(-c2nc(C(=O)N[C@@H](CC(=O)O)c3ccccc3Cl)ccc2OC)c1. The highest BCUT2D eigenvalue weighted by atomic mass is 35.5. The monoisotopic (exact) mass is 458 g/mol. The zero-order valence-corrected chi connectivity index (χ0v) is 18.0. The van der Waals surface area contributed by atoms with E-state index >= 15 is 0 Å². The molecule has 3 rings (SSSR count). The number of aromatic nitrogens is 1. The lowest BCUT2D eigenvalue weighted by molar-refractivity contribution is -0.137. The highest BCUT2D eigenvalue weighted by Gasteiger charge is 2.23. The Kier molecular flexibility index (Phi) is 7.27. The molecule has 0 saturated carbocycles. The zero-order valence-electron chi connectivity index (χ0n) is 17.3. The van der Waals surface area contributed by atoms with E-state index in [1.165, 1.54) is 44.6 Å². The minimum absolute atomic E-state index is 0.0505. The van der Waals surface area contributed by atoms with Crippen LogP contribution in [-0.2, 0) is 4.79 Å². The van der Waals surface area contributed by atoms with Crippen molar-refractivity contribution in [2.45, 2.75) is 12.5 Å². The van der Waals surface area contributed by atoms with Crippen LogP contribution in [0.25, 0.3) is 11.3 Å². The standard InChI is InChI=1S/C23H20ClFN2O5/c1-31-13-7-8-17(25)15(11-13)22-20(32-2)10-9-18(26-22)23(30)27-19(12-21(28)29)14-5-3-4-6-16(14)24/h3-11,19H,12H2,1-2H3,(H,27,30)(H,28,29)/t19-/m0/s1. The summed E-state index contributed by atoms with van der Waals surface area (Å²) in [6.07, 6.45) is -0.386. The van der Waals surface area contributed by atoms with Crippen molar-refractivity contribution in [3.8, 4) is 22.8 Å². The number of amides is 1. The summed E-state index contributed by atoms with van der Waals surface area (Å²) in [5, 5.41) is 12.2. The molecule has 0 bridgehead atoms. The first-order valence-electron chi connectivity index (χ1n) is 9.50. The van der Waals surface area contributed by atoms with E-state index in [0.29, 0.717) is 16.3 Å². The molecule has 0 aliphatic carbocycles. The number of halogens is 2. The first kappa shape index (κ1) is 23.0. The van der Waals surface area contributed by atoms with Crippen molar-refractivity contribution < 1.29 is 28.6 Å². The van der Waals surface area contributed by atoms with Crippen molar-refractivity contribution in [2.24, 2.45) is 0 Å². The van der Waals surface area contributed by atoms with Gasteiger partial charge in [0.2, 0.25) is 0 Å². The van der Waals surface area contributed by atoms with Crippen LogP contribution in [-0.4, -0.2) is 36.2 Å². The van der Waals surface area contributed by atoms with Gasteiger partial charge in [0.1, 0.15) is 28.7 Å². The molecule has 0 aliphatic heterocycles. The molecule has 0 aliphatic rings. The van der Waals surface area contributed by atoms with Gasteiger partial charge in [-0.3, -0.25) is 9.59 Å². The highest BCUT2D eigenvalue weighted by Crippen LogP contribution is 2.33. The van der Waals surface area contributed by atoms with Gasteiger partial charge in [-0.15, -0.1) is 0 Å². The number of benzene rings is 2. The number of pyridine rings is 1. The van der Waals surface area contributed by atoms with Crippen LogP contribution in [0.3, 0.4) is 0 Å². The highest BCUT2D eigenvalue weighted by molar-refractivity contribution is 6.31. The molecule has 2 N–H and O–H groups in total. The van der Waals surface area contributed by atoms with Gasteiger partial charge in [0, 0.05) is 10.6 Å². The number of nitrogens with one attached hydrogen (secondary N) is 1. The number of nitrogens with zero attached hydrogens (tertiary/aromatic N) is 1. The van der Waals surface area contributed by atoms with E-state index in [-0.39, 0.29) is 29.1 Å². The summed E-state index contributed by atoms with van der Waals surface area (Å²) in [5.74, 6) is -1.68. The van der Waals surface area contributed by atoms with E-state index in [1.807, 2.05) is 0 Å². The van der Waals surface area contributed by atoms with E-state index in [1.54, 1.807) is 24.3 Å². The molecule has 0 unspecified atom stereocenters. The summed E-state index contributed by atoms with van der Waals surface area (Å²) in [6.45, 7) is 0. The maximum Gasteiger partial charge on any atom is 0.305 e. The molecule has 1 amide bonds. The van der Waals surface area contributed by atoms with Crippen molar-refractivity contribution >= 4 is 23.5 Å². The second kappa shape index (κ2) is 10.1. The van der Waals surface area contributed by atoms with Gasteiger partial charge in [-0.2, -0.15) is 0 Å². The normalized spacial score (nSPS) is 11.5. The Morgan fingerprint density at radius 2 is 1.88 bits per heavy atom. The van der Waals surface area contributed by atoms with Crippen molar-refractivity contribution in [1.29, 1.82) is 0 Å². The van der Waals surface area contributed by atoms with Crippen LogP contribution in [0.5, 0.6) is 11.5 Å².